The number of halogens is 1. The molecule has 3 aromatic carbocycles. The summed E-state index contributed by atoms with van der Waals surface area (Å²) in [5, 5.41) is 4.05. The van der Waals surface area contributed by atoms with E-state index in [9.17, 15) is 0 Å². The molecule has 26 heavy (non-hydrogen) atoms. The predicted octanol–water partition coefficient (Wildman–Crippen LogP) is 6.15. The smallest absolute Gasteiger partial charge is 0.180 e. The van der Waals surface area contributed by atoms with E-state index in [0.717, 1.165) is 21.6 Å². The number of anilines is 3. The van der Waals surface area contributed by atoms with E-state index >= 15 is 0 Å². The first-order valence-corrected chi connectivity index (χ1v) is 9.25. The summed E-state index contributed by atoms with van der Waals surface area (Å²) in [7, 11) is 0. The molecule has 4 nitrogen and oxygen atoms in total. The molecule has 0 aliphatic carbocycles. The molecule has 0 unspecified atom stereocenters. The van der Waals surface area contributed by atoms with E-state index < -0.39 is 0 Å². The van der Waals surface area contributed by atoms with E-state index in [1.165, 1.54) is 11.9 Å². The Labute approximate surface area is 160 Å². The van der Waals surface area contributed by atoms with E-state index in [2.05, 4.69) is 10.0 Å². The Balaban J connectivity index is 1.66. The van der Waals surface area contributed by atoms with Crippen molar-refractivity contribution in [3.63, 3.8) is 0 Å². The second kappa shape index (κ2) is 7.64. The van der Waals surface area contributed by atoms with Crippen LogP contribution >= 0.6 is 23.5 Å². The second-order valence-electron chi connectivity index (χ2n) is 5.56. The van der Waals surface area contributed by atoms with Gasteiger partial charge in [0, 0.05) is 15.6 Å². The molecule has 0 aliphatic heterocycles. The molecule has 0 atom stereocenters. The van der Waals surface area contributed by atoms with Crippen LogP contribution in [0.4, 0.5) is 17.3 Å². The van der Waals surface area contributed by atoms with E-state index in [4.69, 9.17) is 21.6 Å². The van der Waals surface area contributed by atoms with Crippen molar-refractivity contribution in [2.75, 3.05) is 10.0 Å². The van der Waals surface area contributed by atoms with Crippen molar-refractivity contribution in [1.82, 2.24) is 9.97 Å². The van der Waals surface area contributed by atoms with Crippen molar-refractivity contribution in [3.05, 3.63) is 83.9 Å². The van der Waals surface area contributed by atoms with Crippen LogP contribution < -0.4 is 10.0 Å². The highest BCUT2D eigenvalue weighted by Gasteiger charge is 2.10. The van der Waals surface area contributed by atoms with E-state index in [-0.39, 0.29) is 0 Å². The van der Waals surface area contributed by atoms with E-state index in [0.29, 0.717) is 16.7 Å². The number of nitrogens with one attached hydrogen (secondary N) is 2. The Morgan fingerprint density at radius 3 is 2.00 bits per heavy atom. The molecular formula is C20H15ClN4S. The van der Waals surface area contributed by atoms with Crippen LogP contribution in [0, 0.1) is 0 Å². The van der Waals surface area contributed by atoms with Crippen molar-refractivity contribution < 1.29 is 0 Å². The van der Waals surface area contributed by atoms with Gasteiger partial charge < -0.3 is 10.0 Å². The number of para-hydroxylation sites is 3. The number of hydrogen-bond donors (Lipinski definition) is 2. The maximum Gasteiger partial charge on any atom is 0.180 e. The summed E-state index contributed by atoms with van der Waals surface area (Å²) in [6.45, 7) is 0. The van der Waals surface area contributed by atoms with Gasteiger partial charge in [0.2, 0.25) is 0 Å². The molecule has 0 aliphatic rings. The van der Waals surface area contributed by atoms with Crippen LogP contribution in [0.2, 0.25) is 5.02 Å². The molecule has 0 amide bonds. The van der Waals surface area contributed by atoms with Gasteiger partial charge in [-0.3, -0.25) is 0 Å². The fourth-order valence-electron chi connectivity index (χ4n) is 2.43. The Morgan fingerprint density at radius 2 is 1.31 bits per heavy atom. The number of nitrogens with zero attached hydrogens (tertiary/aromatic N) is 2. The largest absolute Gasteiger partial charge is 0.337 e. The van der Waals surface area contributed by atoms with Gasteiger partial charge in [0.25, 0.3) is 0 Å². The normalized spacial score (nSPS) is 10.7. The monoisotopic (exact) mass is 378 g/mol. The van der Waals surface area contributed by atoms with Crippen molar-refractivity contribution in [1.29, 1.82) is 0 Å². The predicted molar refractivity (Wildman–Crippen MR) is 110 cm³/mol. The molecule has 0 bridgehead atoms. The summed E-state index contributed by atoms with van der Waals surface area (Å²) in [6, 6.07) is 25.4. The molecule has 2 N–H and O–H groups in total. The zero-order chi connectivity index (χ0) is 17.8. The highest BCUT2D eigenvalue weighted by Crippen LogP contribution is 2.29. The maximum atomic E-state index is 5.95. The molecule has 4 aromatic rings. The molecule has 1 aromatic heterocycles. The van der Waals surface area contributed by atoms with E-state index in [1.54, 1.807) is 0 Å². The Kier molecular flexibility index (Phi) is 4.91. The minimum atomic E-state index is 0.674. The zero-order valence-electron chi connectivity index (χ0n) is 13.7. The fraction of sp³-hybridized carbons (Fsp3) is 0. The topological polar surface area (TPSA) is 49.8 Å². The number of benzene rings is 3. The van der Waals surface area contributed by atoms with Gasteiger partial charge in [0.05, 0.1) is 11.0 Å². The molecule has 0 spiro atoms. The van der Waals surface area contributed by atoms with Crippen molar-refractivity contribution >= 4 is 51.9 Å². The average Bonchev–Trinajstić information content (AvgIpc) is 2.68. The molecule has 1 heterocycles. The lowest BCUT2D eigenvalue weighted by Gasteiger charge is -2.13. The van der Waals surface area contributed by atoms with Crippen molar-refractivity contribution in [2.45, 2.75) is 4.90 Å². The first kappa shape index (κ1) is 16.7. The van der Waals surface area contributed by atoms with Crippen molar-refractivity contribution in [2.24, 2.45) is 0 Å². The van der Waals surface area contributed by atoms with Crippen LogP contribution in [-0.4, -0.2) is 9.97 Å². The van der Waals surface area contributed by atoms with Crippen molar-refractivity contribution in [3.8, 4) is 0 Å². The Bertz CT molecular complexity index is 1020. The maximum absolute atomic E-state index is 5.95. The lowest BCUT2D eigenvalue weighted by molar-refractivity contribution is 1.29. The third-order valence-corrected chi connectivity index (χ3v) is 4.74. The standard InChI is InChI=1S/C20H15ClN4S/c21-14-10-12-16(13-11-14)26-25-20-19(22-15-6-2-1-3-7-15)23-17-8-4-5-9-18(17)24-20/h1-13H,(H,22,23)(H,24,25). The minimum absolute atomic E-state index is 0.674. The van der Waals surface area contributed by atoms with Crippen LogP contribution in [0.3, 0.4) is 0 Å². The molecule has 0 fully saturated rings. The van der Waals surface area contributed by atoms with Gasteiger partial charge in [-0.05, 0) is 60.5 Å². The molecule has 6 heteroatoms. The van der Waals surface area contributed by atoms with Gasteiger partial charge in [0.1, 0.15) is 0 Å². The SMILES string of the molecule is Clc1ccc(SNc2nc3ccccc3nc2Nc2ccccc2)cc1. The number of hydrogen-bond acceptors (Lipinski definition) is 5. The summed E-state index contributed by atoms with van der Waals surface area (Å²) in [6.07, 6.45) is 0. The third kappa shape index (κ3) is 3.90. The summed E-state index contributed by atoms with van der Waals surface area (Å²) in [4.78, 5) is 10.5. The lowest BCUT2D eigenvalue weighted by Crippen LogP contribution is -2.02. The van der Waals surface area contributed by atoms with Gasteiger partial charge in [-0.25, -0.2) is 9.97 Å². The zero-order valence-corrected chi connectivity index (χ0v) is 15.3. The Hall–Kier alpha value is -2.76. The van der Waals surface area contributed by atoms with Crippen LogP contribution in [-0.2, 0) is 0 Å². The minimum Gasteiger partial charge on any atom is -0.337 e. The fourth-order valence-corrected chi connectivity index (χ4v) is 3.18. The first-order valence-electron chi connectivity index (χ1n) is 8.05. The first-order chi connectivity index (χ1) is 12.8. The third-order valence-electron chi connectivity index (χ3n) is 3.69. The van der Waals surface area contributed by atoms with Gasteiger partial charge in [0.15, 0.2) is 11.6 Å². The number of aromatic nitrogens is 2. The number of fused-ring (bicyclic) bond motifs is 1. The number of rotatable bonds is 5. The molecule has 0 radical (unpaired) electrons. The molecule has 0 saturated heterocycles. The van der Waals surface area contributed by atoms with Gasteiger partial charge >= 0.3 is 0 Å². The summed E-state index contributed by atoms with van der Waals surface area (Å²) in [5.41, 5.74) is 2.63. The highest BCUT2D eigenvalue weighted by molar-refractivity contribution is 8.00. The Morgan fingerprint density at radius 1 is 0.692 bits per heavy atom. The van der Waals surface area contributed by atoms with Gasteiger partial charge in [-0.2, -0.15) is 0 Å². The van der Waals surface area contributed by atoms with E-state index in [1.807, 2.05) is 78.9 Å². The van der Waals surface area contributed by atoms with Crippen LogP contribution in [0.25, 0.3) is 11.0 Å². The van der Waals surface area contributed by atoms with Crippen LogP contribution in [0.5, 0.6) is 0 Å². The van der Waals surface area contributed by atoms with Gasteiger partial charge in [-0.1, -0.05) is 41.9 Å². The molecule has 0 saturated carbocycles. The van der Waals surface area contributed by atoms with Crippen LogP contribution in [0.15, 0.2) is 83.8 Å². The second-order valence-corrected chi connectivity index (χ2v) is 6.87. The average molecular weight is 379 g/mol. The summed E-state index contributed by atoms with van der Waals surface area (Å²) < 4.78 is 3.30. The molecule has 128 valence electrons. The van der Waals surface area contributed by atoms with Crippen LogP contribution in [0.1, 0.15) is 0 Å². The quantitative estimate of drug-likeness (QED) is 0.408. The summed E-state index contributed by atoms with van der Waals surface area (Å²) in [5.74, 6) is 1.35. The van der Waals surface area contributed by atoms with Gasteiger partial charge in [-0.15, -0.1) is 0 Å². The summed E-state index contributed by atoms with van der Waals surface area (Å²) >= 11 is 7.41. The lowest BCUT2D eigenvalue weighted by atomic mass is 10.3. The molecular weight excluding hydrogens is 364 g/mol. The highest BCUT2D eigenvalue weighted by atomic mass is 35.5. The molecule has 4 rings (SSSR count).